The fourth-order valence-corrected chi connectivity index (χ4v) is 5.03. The molecule has 3 rings (SSSR count). The van der Waals surface area contributed by atoms with Crippen molar-refractivity contribution >= 4 is 46.6 Å². The summed E-state index contributed by atoms with van der Waals surface area (Å²) >= 11 is 2.84. The van der Waals surface area contributed by atoms with Gasteiger partial charge < -0.3 is 15.4 Å². The summed E-state index contributed by atoms with van der Waals surface area (Å²) in [6.07, 6.45) is 4.70. The second-order valence-corrected chi connectivity index (χ2v) is 10.6. The molecule has 2 N–H and O–H groups in total. The van der Waals surface area contributed by atoms with Crippen molar-refractivity contribution in [2.45, 2.75) is 70.5 Å². The molecule has 3 unspecified atom stereocenters. The molecule has 8 nitrogen and oxygen atoms in total. The second kappa shape index (κ2) is 10.6. The maximum atomic E-state index is 13.1. The van der Waals surface area contributed by atoms with Gasteiger partial charge >= 0.3 is 5.97 Å². The molecule has 3 heterocycles. The molecular weight excluding hydrogens is 448 g/mol. The molecule has 0 spiro atoms. The number of hydrogen-bond acceptors (Lipinski definition) is 8. The summed E-state index contributed by atoms with van der Waals surface area (Å²) < 4.78 is 5.67. The van der Waals surface area contributed by atoms with Crippen molar-refractivity contribution in [2.24, 2.45) is 10.9 Å². The summed E-state index contributed by atoms with van der Waals surface area (Å²) in [6.45, 7) is 7.76. The third kappa shape index (κ3) is 5.98. The summed E-state index contributed by atoms with van der Waals surface area (Å²) in [6, 6.07) is -0.844. The maximum absolute atomic E-state index is 13.1. The first-order valence-electron chi connectivity index (χ1n) is 10.8. The van der Waals surface area contributed by atoms with E-state index in [1.807, 2.05) is 32.2 Å². The Balaban J connectivity index is 1.92. The van der Waals surface area contributed by atoms with Crippen molar-refractivity contribution < 1.29 is 19.1 Å². The van der Waals surface area contributed by atoms with E-state index in [1.54, 1.807) is 13.0 Å². The van der Waals surface area contributed by atoms with E-state index in [4.69, 9.17) is 4.74 Å². The lowest BCUT2D eigenvalue weighted by atomic mass is 10.0. The van der Waals surface area contributed by atoms with Gasteiger partial charge in [0.15, 0.2) is 4.87 Å². The van der Waals surface area contributed by atoms with E-state index in [9.17, 15) is 14.4 Å². The summed E-state index contributed by atoms with van der Waals surface area (Å²) in [5, 5.41) is 8.33. The summed E-state index contributed by atoms with van der Waals surface area (Å²) in [7, 11) is 0. The van der Waals surface area contributed by atoms with Gasteiger partial charge in [-0.05, 0) is 25.3 Å². The van der Waals surface area contributed by atoms with Crippen molar-refractivity contribution in [1.82, 2.24) is 15.6 Å². The Labute approximate surface area is 196 Å². The number of amides is 2. The van der Waals surface area contributed by atoms with Gasteiger partial charge in [0, 0.05) is 11.1 Å². The highest BCUT2D eigenvalue weighted by Gasteiger charge is 2.41. The third-order valence-corrected chi connectivity index (χ3v) is 7.32. The number of aromatic nitrogens is 1. The van der Waals surface area contributed by atoms with E-state index in [-0.39, 0.29) is 30.7 Å². The molecule has 2 aliphatic heterocycles. The minimum absolute atomic E-state index is 0.00320. The quantitative estimate of drug-likeness (QED) is 0.509. The molecule has 174 valence electrons. The molecule has 2 amide bonds. The Morgan fingerprint density at radius 1 is 1.34 bits per heavy atom. The molecule has 0 fully saturated rings. The van der Waals surface area contributed by atoms with Crippen LogP contribution in [-0.2, 0) is 25.7 Å². The number of hydrogen-bond donors (Lipinski definition) is 2. The van der Waals surface area contributed by atoms with Gasteiger partial charge in [0.1, 0.15) is 17.2 Å². The first-order valence-corrected chi connectivity index (χ1v) is 12.7. The number of nitrogens with zero attached hydrogens (tertiary/aromatic N) is 2. The van der Waals surface area contributed by atoms with Gasteiger partial charge in [-0.2, -0.15) is 0 Å². The molecule has 0 radical (unpaired) electrons. The molecule has 0 aliphatic carbocycles. The SMILES string of the molecule is CCCC=CC1CC(=O)NCc2nc(cs2)C2=NC(C)(SC2)C(=O)NC(C(C)C)C(=O)O1. The van der Waals surface area contributed by atoms with Gasteiger partial charge in [0.2, 0.25) is 5.91 Å². The van der Waals surface area contributed by atoms with Crippen molar-refractivity contribution in [1.29, 1.82) is 0 Å². The van der Waals surface area contributed by atoms with Gasteiger partial charge in [-0.1, -0.05) is 33.3 Å². The Kier molecular flexibility index (Phi) is 8.10. The van der Waals surface area contributed by atoms with Gasteiger partial charge in [-0.15, -0.1) is 23.1 Å². The minimum atomic E-state index is -1.04. The molecule has 10 heteroatoms. The number of fused-ring (bicyclic) bond motifs is 4. The van der Waals surface area contributed by atoms with Crippen LogP contribution in [-0.4, -0.2) is 51.2 Å². The number of esters is 1. The zero-order valence-electron chi connectivity index (χ0n) is 18.8. The normalized spacial score (nSPS) is 27.3. The Hall–Kier alpha value is -2.20. The molecule has 1 aromatic heterocycles. The number of thioether (sulfide) groups is 1. The topological polar surface area (TPSA) is 110 Å². The largest absolute Gasteiger partial charge is 0.456 e. The average Bonchev–Trinajstić information content (AvgIpc) is 3.37. The number of carbonyl (C=O) groups is 3. The molecule has 4 bridgehead atoms. The standard InChI is InChI=1S/C22H30N4O4S2/c1-5-6-7-8-14-9-17(27)23-10-18-24-15(11-31-18)16-12-32-22(4,26-16)21(29)25-19(13(2)3)20(28)30-14/h7-8,11,13-14,19H,5-6,9-10,12H2,1-4H3,(H,23,27)(H,25,29). The number of unbranched alkanes of at least 4 members (excludes halogenated alkanes) is 1. The zero-order valence-corrected chi connectivity index (χ0v) is 20.5. The highest BCUT2D eigenvalue weighted by atomic mass is 32.2. The fourth-order valence-electron chi connectivity index (χ4n) is 3.29. The van der Waals surface area contributed by atoms with E-state index in [2.05, 4.69) is 20.6 Å². The van der Waals surface area contributed by atoms with Crippen LogP contribution in [0.3, 0.4) is 0 Å². The smallest absolute Gasteiger partial charge is 0.329 e. The molecule has 1 aromatic rings. The van der Waals surface area contributed by atoms with E-state index in [0.29, 0.717) is 5.75 Å². The molecule has 0 aromatic carbocycles. The monoisotopic (exact) mass is 478 g/mol. The van der Waals surface area contributed by atoms with Crippen LogP contribution in [0.2, 0.25) is 0 Å². The van der Waals surface area contributed by atoms with Crippen LogP contribution in [0.1, 0.15) is 57.7 Å². The van der Waals surface area contributed by atoms with Crippen LogP contribution >= 0.6 is 23.1 Å². The first-order chi connectivity index (χ1) is 15.2. The molecule has 0 saturated carbocycles. The van der Waals surface area contributed by atoms with Crippen molar-refractivity contribution in [3.8, 4) is 0 Å². The number of cyclic esters (lactones) is 1. The molecule has 2 aliphatic rings. The number of aliphatic imine (C=N–C) groups is 1. The summed E-state index contributed by atoms with van der Waals surface area (Å²) in [5.41, 5.74) is 1.45. The average molecular weight is 479 g/mol. The molecule has 32 heavy (non-hydrogen) atoms. The van der Waals surface area contributed by atoms with Crippen LogP contribution < -0.4 is 10.6 Å². The van der Waals surface area contributed by atoms with Crippen molar-refractivity contribution in [3.63, 3.8) is 0 Å². The number of allylic oxidation sites excluding steroid dienone is 1. The Morgan fingerprint density at radius 3 is 2.84 bits per heavy atom. The van der Waals surface area contributed by atoms with Crippen molar-refractivity contribution in [2.75, 3.05) is 5.75 Å². The van der Waals surface area contributed by atoms with E-state index in [0.717, 1.165) is 29.3 Å². The summed E-state index contributed by atoms with van der Waals surface area (Å²) in [5.74, 6) is -0.789. The predicted octanol–water partition coefficient (Wildman–Crippen LogP) is 2.82. The number of carbonyl (C=O) groups excluding carboxylic acids is 3. The molecule has 0 saturated heterocycles. The first kappa shape index (κ1) is 24.4. The Bertz CT molecular complexity index is 927. The van der Waals surface area contributed by atoms with Gasteiger partial charge in [-0.25, -0.2) is 9.78 Å². The highest BCUT2D eigenvalue weighted by Crippen LogP contribution is 2.35. The van der Waals surface area contributed by atoms with Gasteiger partial charge in [0.25, 0.3) is 5.91 Å². The molecule has 3 atom stereocenters. The number of nitrogens with one attached hydrogen (secondary N) is 2. The number of rotatable bonds is 4. The maximum Gasteiger partial charge on any atom is 0.329 e. The minimum Gasteiger partial charge on any atom is -0.456 e. The number of thiazole rings is 1. The van der Waals surface area contributed by atoms with Crippen LogP contribution in [0, 0.1) is 5.92 Å². The van der Waals surface area contributed by atoms with Crippen LogP contribution in [0.4, 0.5) is 0 Å². The Morgan fingerprint density at radius 2 is 2.12 bits per heavy atom. The van der Waals surface area contributed by atoms with Gasteiger partial charge in [0.05, 0.1) is 24.4 Å². The lowest BCUT2D eigenvalue weighted by Crippen LogP contribution is -2.51. The zero-order chi connectivity index (χ0) is 23.3. The van der Waals surface area contributed by atoms with Crippen LogP contribution in [0.25, 0.3) is 0 Å². The lowest BCUT2D eigenvalue weighted by Gasteiger charge is -2.27. The fraction of sp³-hybridized carbons (Fsp3) is 0.591. The van der Waals surface area contributed by atoms with E-state index < -0.39 is 23.0 Å². The number of ether oxygens (including phenoxy) is 1. The van der Waals surface area contributed by atoms with Gasteiger partial charge in [-0.3, -0.25) is 14.6 Å². The summed E-state index contributed by atoms with van der Waals surface area (Å²) in [4.78, 5) is 46.8. The van der Waals surface area contributed by atoms with Crippen molar-refractivity contribution in [3.05, 3.63) is 28.2 Å². The van der Waals surface area contributed by atoms with E-state index >= 15 is 0 Å². The highest BCUT2D eigenvalue weighted by molar-refractivity contribution is 8.02. The van der Waals surface area contributed by atoms with Crippen LogP contribution in [0.5, 0.6) is 0 Å². The van der Waals surface area contributed by atoms with E-state index in [1.165, 1.54) is 23.1 Å². The third-order valence-electron chi connectivity index (χ3n) is 5.21. The lowest BCUT2D eigenvalue weighted by molar-refractivity contribution is -0.153. The predicted molar refractivity (Wildman–Crippen MR) is 127 cm³/mol. The van der Waals surface area contributed by atoms with Crippen LogP contribution in [0.15, 0.2) is 22.5 Å². The molecular formula is C22H30N4O4S2. The second-order valence-electron chi connectivity index (χ2n) is 8.32.